The van der Waals surface area contributed by atoms with Gasteiger partial charge < -0.3 is 9.72 Å². The average molecular weight is 246 g/mol. The van der Waals surface area contributed by atoms with E-state index in [1.807, 2.05) is 20.8 Å². The van der Waals surface area contributed by atoms with Gasteiger partial charge in [-0.25, -0.2) is 0 Å². The number of pyridine rings is 1. The monoisotopic (exact) mass is 245 g/mol. The van der Waals surface area contributed by atoms with Crippen LogP contribution in [-0.2, 0) is 0 Å². The van der Waals surface area contributed by atoms with Crippen LogP contribution in [0.5, 0.6) is 5.75 Å². The Labute approximate surface area is 85.3 Å². The summed E-state index contributed by atoms with van der Waals surface area (Å²) in [6.45, 7) is 5.79. The van der Waals surface area contributed by atoms with Crippen molar-refractivity contribution in [1.29, 1.82) is 0 Å². The lowest BCUT2D eigenvalue weighted by Gasteiger charge is -2.21. The lowest BCUT2D eigenvalue weighted by Crippen LogP contribution is -2.24. The van der Waals surface area contributed by atoms with Gasteiger partial charge in [0.15, 0.2) is 0 Å². The van der Waals surface area contributed by atoms with Gasteiger partial charge in [-0.3, -0.25) is 4.79 Å². The third-order valence-electron chi connectivity index (χ3n) is 1.25. The molecular formula is C9H12BrNO2. The summed E-state index contributed by atoms with van der Waals surface area (Å²) < 4.78 is 6.30. The first-order valence-electron chi connectivity index (χ1n) is 3.96. The fourth-order valence-electron chi connectivity index (χ4n) is 0.843. The van der Waals surface area contributed by atoms with E-state index in [9.17, 15) is 4.79 Å². The molecule has 0 spiro atoms. The van der Waals surface area contributed by atoms with Crippen molar-refractivity contribution >= 4 is 15.9 Å². The van der Waals surface area contributed by atoms with E-state index < -0.39 is 0 Å². The number of aromatic nitrogens is 1. The molecule has 1 rings (SSSR count). The number of hydrogen-bond acceptors (Lipinski definition) is 2. The number of rotatable bonds is 1. The van der Waals surface area contributed by atoms with Crippen molar-refractivity contribution < 1.29 is 4.74 Å². The van der Waals surface area contributed by atoms with Crippen molar-refractivity contribution in [3.8, 4) is 5.75 Å². The molecule has 0 aromatic carbocycles. The smallest absolute Gasteiger partial charge is 0.251 e. The van der Waals surface area contributed by atoms with Crippen LogP contribution in [0.4, 0.5) is 0 Å². The SMILES string of the molecule is CC(C)(C)Oc1cc(=O)[nH]cc1Br. The number of halogens is 1. The molecule has 4 heteroatoms. The van der Waals surface area contributed by atoms with Crippen LogP contribution < -0.4 is 10.3 Å². The van der Waals surface area contributed by atoms with E-state index in [0.29, 0.717) is 5.75 Å². The zero-order chi connectivity index (χ0) is 10.1. The van der Waals surface area contributed by atoms with Gasteiger partial charge in [-0.1, -0.05) is 0 Å². The minimum atomic E-state index is -0.295. The minimum absolute atomic E-state index is 0.164. The molecule has 1 heterocycles. The second kappa shape index (κ2) is 3.54. The van der Waals surface area contributed by atoms with Gasteiger partial charge >= 0.3 is 0 Å². The van der Waals surface area contributed by atoms with Crippen molar-refractivity contribution in [2.75, 3.05) is 0 Å². The quantitative estimate of drug-likeness (QED) is 0.826. The molecule has 0 amide bonds. The highest BCUT2D eigenvalue weighted by atomic mass is 79.9. The second-order valence-electron chi connectivity index (χ2n) is 3.72. The Morgan fingerprint density at radius 1 is 1.46 bits per heavy atom. The predicted octanol–water partition coefficient (Wildman–Crippen LogP) is 2.31. The normalized spacial score (nSPS) is 11.4. The zero-order valence-electron chi connectivity index (χ0n) is 7.85. The average Bonchev–Trinajstić information content (AvgIpc) is 1.94. The molecule has 72 valence electrons. The molecule has 0 saturated heterocycles. The summed E-state index contributed by atoms with van der Waals surface area (Å²) in [5.74, 6) is 0.566. The molecule has 0 atom stereocenters. The van der Waals surface area contributed by atoms with Gasteiger partial charge in [0.1, 0.15) is 11.4 Å². The maximum Gasteiger partial charge on any atom is 0.251 e. The lowest BCUT2D eigenvalue weighted by atomic mass is 10.2. The second-order valence-corrected chi connectivity index (χ2v) is 4.58. The summed E-state index contributed by atoms with van der Waals surface area (Å²) in [4.78, 5) is 13.5. The third-order valence-corrected chi connectivity index (χ3v) is 1.87. The van der Waals surface area contributed by atoms with E-state index in [1.54, 1.807) is 6.20 Å². The largest absolute Gasteiger partial charge is 0.487 e. The van der Waals surface area contributed by atoms with Crippen LogP contribution in [0.1, 0.15) is 20.8 Å². The van der Waals surface area contributed by atoms with Gasteiger partial charge in [0.05, 0.1) is 4.47 Å². The van der Waals surface area contributed by atoms with E-state index in [1.165, 1.54) is 6.07 Å². The highest BCUT2D eigenvalue weighted by Crippen LogP contribution is 2.25. The first-order valence-corrected chi connectivity index (χ1v) is 4.75. The van der Waals surface area contributed by atoms with Crippen LogP contribution in [0, 0.1) is 0 Å². The summed E-state index contributed by atoms with van der Waals surface area (Å²) in [6.07, 6.45) is 1.57. The Morgan fingerprint density at radius 3 is 2.62 bits per heavy atom. The number of aromatic amines is 1. The van der Waals surface area contributed by atoms with Crippen LogP contribution in [0.2, 0.25) is 0 Å². The van der Waals surface area contributed by atoms with E-state index in [0.717, 1.165) is 4.47 Å². The molecule has 0 fully saturated rings. The van der Waals surface area contributed by atoms with Gasteiger partial charge in [0, 0.05) is 12.3 Å². The van der Waals surface area contributed by atoms with Crippen molar-refractivity contribution in [2.45, 2.75) is 26.4 Å². The van der Waals surface area contributed by atoms with Crippen LogP contribution in [0.25, 0.3) is 0 Å². The molecule has 13 heavy (non-hydrogen) atoms. The topological polar surface area (TPSA) is 42.1 Å². The molecule has 0 saturated carbocycles. The Morgan fingerprint density at radius 2 is 2.08 bits per heavy atom. The fourth-order valence-corrected chi connectivity index (χ4v) is 1.15. The molecular weight excluding hydrogens is 234 g/mol. The molecule has 0 aliphatic heterocycles. The van der Waals surface area contributed by atoms with Gasteiger partial charge in [-0.05, 0) is 36.7 Å². The Bertz CT molecular complexity index is 351. The number of ether oxygens (including phenoxy) is 1. The van der Waals surface area contributed by atoms with Crippen LogP contribution in [0.3, 0.4) is 0 Å². The highest BCUT2D eigenvalue weighted by Gasteiger charge is 2.13. The van der Waals surface area contributed by atoms with Gasteiger partial charge in [0.25, 0.3) is 5.56 Å². The predicted molar refractivity (Wildman–Crippen MR) is 55.1 cm³/mol. The van der Waals surface area contributed by atoms with Crippen molar-refractivity contribution in [2.24, 2.45) is 0 Å². The first kappa shape index (κ1) is 10.3. The molecule has 0 unspecified atom stereocenters. The molecule has 0 bridgehead atoms. The van der Waals surface area contributed by atoms with E-state index >= 15 is 0 Å². The number of hydrogen-bond donors (Lipinski definition) is 1. The molecule has 0 aliphatic carbocycles. The molecule has 1 aromatic rings. The summed E-state index contributed by atoms with van der Waals surface area (Å²) in [5, 5.41) is 0. The Balaban J connectivity index is 3.01. The number of H-pyrrole nitrogens is 1. The fraction of sp³-hybridized carbons (Fsp3) is 0.444. The van der Waals surface area contributed by atoms with Crippen molar-refractivity contribution in [3.63, 3.8) is 0 Å². The minimum Gasteiger partial charge on any atom is -0.487 e. The van der Waals surface area contributed by atoms with E-state index in [2.05, 4.69) is 20.9 Å². The van der Waals surface area contributed by atoms with Gasteiger partial charge in [0.2, 0.25) is 0 Å². The zero-order valence-corrected chi connectivity index (χ0v) is 9.44. The maximum absolute atomic E-state index is 11.0. The molecule has 0 aliphatic rings. The maximum atomic E-state index is 11.0. The Kier molecular flexibility index (Phi) is 2.81. The third kappa shape index (κ3) is 3.22. The highest BCUT2D eigenvalue weighted by molar-refractivity contribution is 9.10. The lowest BCUT2D eigenvalue weighted by molar-refractivity contribution is 0.129. The van der Waals surface area contributed by atoms with Crippen molar-refractivity contribution in [3.05, 3.63) is 27.1 Å². The molecule has 1 aromatic heterocycles. The molecule has 1 N–H and O–H groups in total. The van der Waals surface area contributed by atoms with E-state index in [-0.39, 0.29) is 11.2 Å². The van der Waals surface area contributed by atoms with Gasteiger partial charge in [-0.2, -0.15) is 0 Å². The van der Waals surface area contributed by atoms with Gasteiger partial charge in [-0.15, -0.1) is 0 Å². The summed E-state index contributed by atoms with van der Waals surface area (Å²) in [7, 11) is 0. The van der Waals surface area contributed by atoms with Crippen LogP contribution >= 0.6 is 15.9 Å². The molecule has 3 nitrogen and oxygen atoms in total. The first-order chi connectivity index (χ1) is 5.88. The summed E-state index contributed by atoms with van der Waals surface area (Å²) in [5.41, 5.74) is -0.460. The summed E-state index contributed by atoms with van der Waals surface area (Å²) in [6, 6.07) is 1.43. The van der Waals surface area contributed by atoms with Crippen molar-refractivity contribution in [1.82, 2.24) is 4.98 Å². The van der Waals surface area contributed by atoms with E-state index in [4.69, 9.17) is 4.74 Å². The number of nitrogens with one attached hydrogen (secondary N) is 1. The Hall–Kier alpha value is -0.770. The van der Waals surface area contributed by atoms with Crippen LogP contribution in [0.15, 0.2) is 21.5 Å². The van der Waals surface area contributed by atoms with Crippen LogP contribution in [-0.4, -0.2) is 10.6 Å². The standard InChI is InChI=1S/C9H12BrNO2/c1-9(2,3)13-7-4-8(12)11-5-6(7)10/h4-5H,1-3H3,(H,11,12). The molecule has 0 radical (unpaired) electrons. The summed E-state index contributed by atoms with van der Waals surface area (Å²) >= 11 is 3.29.